The fourth-order valence-corrected chi connectivity index (χ4v) is 10.0. The van der Waals surface area contributed by atoms with E-state index in [-0.39, 0.29) is 42.7 Å². The van der Waals surface area contributed by atoms with Gasteiger partial charge in [-0.3, -0.25) is 4.57 Å². The Morgan fingerprint density at radius 1 is 0.473 bits per heavy atom. The minimum atomic E-state index is -0.430. The van der Waals surface area contributed by atoms with E-state index in [9.17, 15) is 0 Å². The number of hydrogen-bond donors (Lipinski definition) is 0. The van der Waals surface area contributed by atoms with Gasteiger partial charge in [-0.1, -0.05) is 205 Å². The van der Waals surface area contributed by atoms with Gasteiger partial charge in [0.25, 0.3) is 6.33 Å². The number of ether oxygens (including phenoxy) is 1. The molecule has 0 N–H and O–H groups in total. The number of pyridine rings is 1. The molecular formula is C68H68N4OPt-2. The van der Waals surface area contributed by atoms with E-state index in [1.807, 2.05) is 12.3 Å². The average Bonchev–Trinajstić information content (AvgIpc) is 3.97. The molecule has 3 heterocycles. The van der Waals surface area contributed by atoms with Crippen molar-refractivity contribution in [3.8, 4) is 39.8 Å². The molecule has 0 spiro atoms. The molecule has 0 unspecified atom stereocenters. The first-order chi connectivity index (χ1) is 34.6. The van der Waals surface area contributed by atoms with Crippen LogP contribution in [0.15, 0.2) is 176 Å². The molecule has 378 valence electrons. The van der Waals surface area contributed by atoms with Crippen molar-refractivity contribution in [3.05, 3.63) is 234 Å². The Labute approximate surface area is 454 Å². The molecule has 0 radical (unpaired) electrons. The van der Waals surface area contributed by atoms with Gasteiger partial charge in [0.15, 0.2) is 0 Å². The van der Waals surface area contributed by atoms with E-state index >= 15 is 0 Å². The summed E-state index contributed by atoms with van der Waals surface area (Å²) in [6, 6.07) is 66.4. The molecule has 0 atom stereocenters. The third-order valence-electron chi connectivity index (χ3n) is 14.9. The third-order valence-corrected chi connectivity index (χ3v) is 14.9. The molecule has 0 aliphatic carbocycles. The molecule has 7 aromatic carbocycles. The van der Waals surface area contributed by atoms with Crippen LogP contribution in [0.2, 0.25) is 0 Å². The second-order valence-corrected chi connectivity index (χ2v) is 24.0. The predicted octanol–water partition coefficient (Wildman–Crippen LogP) is 16.6. The fourth-order valence-electron chi connectivity index (χ4n) is 10.0. The Morgan fingerprint density at radius 2 is 1.08 bits per heavy atom. The molecule has 0 aliphatic rings. The summed E-state index contributed by atoms with van der Waals surface area (Å²) >= 11 is 0. The molecule has 3 aromatic heterocycles. The largest absolute Gasteiger partial charge is 0.510 e. The predicted molar refractivity (Wildman–Crippen MR) is 301 cm³/mol. The van der Waals surface area contributed by atoms with Crippen molar-refractivity contribution in [3.63, 3.8) is 0 Å². The number of imidazole rings is 1. The van der Waals surface area contributed by atoms with Crippen LogP contribution in [0, 0.1) is 18.5 Å². The van der Waals surface area contributed by atoms with E-state index in [1.165, 1.54) is 38.9 Å². The molecule has 0 saturated carbocycles. The van der Waals surface area contributed by atoms with Crippen molar-refractivity contribution in [1.29, 1.82) is 0 Å². The quantitative estimate of drug-likeness (QED) is 0.101. The zero-order valence-corrected chi connectivity index (χ0v) is 47.5. The van der Waals surface area contributed by atoms with E-state index in [4.69, 9.17) is 9.72 Å². The minimum Gasteiger partial charge on any atom is -0.510 e. The average molecular weight is 1150 g/mol. The molecule has 74 heavy (non-hydrogen) atoms. The number of aromatic nitrogens is 4. The van der Waals surface area contributed by atoms with Crippen molar-refractivity contribution >= 4 is 21.8 Å². The Bertz CT molecular complexity index is 3640. The van der Waals surface area contributed by atoms with Crippen LogP contribution < -0.4 is 9.30 Å². The monoisotopic (exact) mass is 1150 g/mol. The van der Waals surface area contributed by atoms with Crippen molar-refractivity contribution in [1.82, 2.24) is 14.1 Å². The maximum absolute atomic E-state index is 7.03. The molecule has 10 rings (SSSR count). The number of benzene rings is 7. The first kappa shape index (κ1) is 52.1. The van der Waals surface area contributed by atoms with Gasteiger partial charge in [0.05, 0.1) is 11.4 Å². The van der Waals surface area contributed by atoms with Crippen LogP contribution >= 0.6 is 0 Å². The summed E-state index contributed by atoms with van der Waals surface area (Å²) in [6.07, 6.45) is 8.02. The summed E-state index contributed by atoms with van der Waals surface area (Å²) in [5, 5.41) is 2.22. The Morgan fingerprint density at radius 3 is 1.72 bits per heavy atom. The van der Waals surface area contributed by atoms with Crippen molar-refractivity contribution in [2.75, 3.05) is 0 Å². The van der Waals surface area contributed by atoms with E-state index in [2.05, 4.69) is 286 Å². The van der Waals surface area contributed by atoms with Gasteiger partial charge in [0.2, 0.25) is 0 Å². The van der Waals surface area contributed by atoms with Gasteiger partial charge in [-0.15, -0.1) is 29.7 Å². The van der Waals surface area contributed by atoms with Gasteiger partial charge >= 0.3 is 0 Å². The zero-order valence-electron chi connectivity index (χ0n) is 45.3. The topological polar surface area (TPSA) is 35.9 Å². The van der Waals surface area contributed by atoms with Crippen molar-refractivity contribution in [2.45, 2.75) is 117 Å². The van der Waals surface area contributed by atoms with Crippen LogP contribution in [-0.4, -0.2) is 14.1 Å². The van der Waals surface area contributed by atoms with Crippen LogP contribution in [0.5, 0.6) is 11.5 Å². The molecule has 0 bridgehead atoms. The van der Waals surface area contributed by atoms with Crippen LogP contribution in [0.1, 0.15) is 129 Å². The molecule has 10 aromatic rings. The van der Waals surface area contributed by atoms with Crippen LogP contribution in [-0.2, 0) is 48.1 Å². The molecule has 0 fully saturated rings. The second kappa shape index (κ2) is 19.5. The summed E-state index contributed by atoms with van der Waals surface area (Å²) in [5.41, 5.74) is 13.5. The van der Waals surface area contributed by atoms with E-state index in [0.717, 1.165) is 50.3 Å². The minimum absolute atomic E-state index is 0. The molecule has 5 nitrogen and oxygen atoms in total. The third kappa shape index (κ3) is 10.1. The summed E-state index contributed by atoms with van der Waals surface area (Å²) in [4.78, 5) is 5.01. The first-order valence-corrected chi connectivity index (χ1v) is 25.7. The summed E-state index contributed by atoms with van der Waals surface area (Å²) < 4.78 is 13.6. The maximum Gasteiger partial charge on any atom is 0.267 e. The molecule has 0 aliphatic heterocycles. The number of fused-ring (bicyclic) bond motifs is 3. The van der Waals surface area contributed by atoms with Gasteiger partial charge in [-0.2, -0.15) is 17.7 Å². The van der Waals surface area contributed by atoms with Crippen LogP contribution in [0.3, 0.4) is 0 Å². The van der Waals surface area contributed by atoms with Gasteiger partial charge in [-0.25, -0.2) is 4.98 Å². The van der Waals surface area contributed by atoms with E-state index in [0.29, 0.717) is 11.5 Å². The number of hydrogen-bond acceptors (Lipinski definition) is 2. The summed E-state index contributed by atoms with van der Waals surface area (Å²) in [6.45, 7) is 29.5. The number of nitrogens with zero attached hydrogens (tertiary/aromatic N) is 4. The Balaban J connectivity index is 0.00000672. The first-order valence-electron chi connectivity index (χ1n) is 25.7. The molecule has 0 amide bonds. The number of rotatable bonds is 10. The fraction of sp³-hybridized carbons (Fsp3) is 0.265. The van der Waals surface area contributed by atoms with Gasteiger partial charge in [0.1, 0.15) is 5.82 Å². The van der Waals surface area contributed by atoms with E-state index in [1.54, 1.807) is 0 Å². The van der Waals surface area contributed by atoms with Crippen molar-refractivity contribution in [2.24, 2.45) is 0 Å². The Kier molecular flexibility index (Phi) is 13.7. The smallest absolute Gasteiger partial charge is 0.267 e. The van der Waals surface area contributed by atoms with Crippen LogP contribution in [0.4, 0.5) is 0 Å². The SMILES string of the molecule is CC(C)(C)c1cc(Oc2[c-]c3c(cc2)c2cc(C(C)(C)c4ccccc4)ccc2n3-c2cc(C(C)(C)C)ccn2)[c-]c(-n2[c-][n+](-c3cc(-c4ccccc4)cc(C(C)(C)C)c3)cc2C(C)(C)c2ccccc2)c1.[Pt]. The second-order valence-electron chi connectivity index (χ2n) is 24.0. The molecule has 6 heteroatoms. The Hall–Kier alpha value is -6.81. The van der Waals surface area contributed by atoms with Crippen LogP contribution in [0.25, 0.3) is 50.1 Å². The molecular weight excluding hydrogens is 1080 g/mol. The maximum atomic E-state index is 7.03. The summed E-state index contributed by atoms with van der Waals surface area (Å²) in [5.74, 6) is 2.03. The van der Waals surface area contributed by atoms with Gasteiger partial charge < -0.3 is 13.9 Å². The van der Waals surface area contributed by atoms with Crippen molar-refractivity contribution < 1.29 is 30.4 Å². The summed E-state index contributed by atoms with van der Waals surface area (Å²) in [7, 11) is 0. The normalized spacial score (nSPS) is 12.6. The van der Waals surface area contributed by atoms with Gasteiger partial charge in [0, 0.05) is 61.3 Å². The standard InChI is InChI=1S/C68H68N4O.Pt/c1-64(2,3)50-33-34-69-63(41-50)72-60-32-29-51(67(10,11)48-25-19-15-20-26-48)40-59(60)58-31-30-56(43-61(58)72)73-57-39-53(66(7,8)9)38-55(42-57)71-45-70(44-62(71)68(12,13)49-27-21-16-22-28-49)54-36-47(46-23-17-14-18-24-46)35-52(37-54)65(4,5)6;/h14-41,44H,1-13H3;/q-2;. The zero-order chi connectivity index (χ0) is 51.7. The van der Waals surface area contributed by atoms with E-state index < -0.39 is 5.41 Å². The van der Waals surface area contributed by atoms with Gasteiger partial charge in [-0.05, 0) is 96.6 Å². The molecule has 0 saturated heterocycles.